The van der Waals surface area contributed by atoms with E-state index in [0.717, 1.165) is 0 Å². The van der Waals surface area contributed by atoms with Crippen molar-refractivity contribution < 1.29 is 9.66 Å². The average molecular weight is 493 g/mol. The highest BCUT2D eigenvalue weighted by Crippen LogP contribution is 2.32. The highest BCUT2D eigenvalue weighted by molar-refractivity contribution is 6.32. The molecule has 2 aromatic carbocycles. The van der Waals surface area contributed by atoms with Gasteiger partial charge in [0.25, 0.3) is 11.2 Å². The van der Waals surface area contributed by atoms with Gasteiger partial charge in [0.05, 0.1) is 21.6 Å². The lowest BCUT2D eigenvalue weighted by atomic mass is 10.2. The Morgan fingerprint density at radius 3 is 2.54 bits per heavy atom. The summed E-state index contributed by atoms with van der Waals surface area (Å²) in [5, 5.41) is 11.9. The van der Waals surface area contributed by atoms with Crippen LogP contribution in [-0.4, -0.2) is 42.2 Å². The fourth-order valence-corrected chi connectivity index (χ4v) is 4.37. The Bertz CT molecular complexity index is 1680. The molecule has 0 fully saturated rings. The van der Waals surface area contributed by atoms with Crippen LogP contribution in [-0.2, 0) is 11.3 Å². The second kappa shape index (κ2) is 9.05. The van der Waals surface area contributed by atoms with Gasteiger partial charge in [0.2, 0.25) is 0 Å². The minimum Gasteiger partial charge on any atom is -0.382 e. The normalized spacial score (nSPS) is 11.6. The van der Waals surface area contributed by atoms with E-state index in [9.17, 15) is 14.9 Å². The Morgan fingerprint density at radius 2 is 1.83 bits per heavy atom. The van der Waals surface area contributed by atoms with Gasteiger partial charge < -0.3 is 4.74 Å². The molecule has 0 aliphatic rings. The van der Waals surface area contributed by atoms with E-state index in [2.05, 4.69) is 0 Å². The third-order valence-electron chi connectivity index (χ3n) is 5.81. The molecule has 0 spiro atoms. The Morgan fingerprint density at radius 1 is 1.09 bits per heavy atom. The number of nitro groups is 1. The van der Waals surface area contributed by atoms with Gasteiger partial charge in [0.15, 0.2) is 11.3 Å². The van der Waals surface area contributed by atoms with Gasteiger partial charge in [-0.1, -0.05) is 23.7 Å². The lowest BCUT2D eigenvalue weighted by Gasteiger charge is -2.11. The van der Waals surface area contributed by atoms with Crippen LogP contribution < -0.4 is 5.56 Å². The number of para-hydroxylation sites is 2. The van der Waals surface area contributed by atoms with Crippen molar-refractivity contribution in [2.24, 2.45) is 0 Å². The fraction of sp³-hybridized carbons (Fsp3) is 0.250. The van der Waals surface area contributed by atoms with Crippen LogP contribution in [0.4, 0.5) is 5.69 Å². The summed E-state index contributed by atoms with van der Waals surface area (Å²) in [5.41, 5.74) is 2.25. The maximum atomic E-state index is 13.7. The second-order valence-electron chi connectivity index (χ2n) is 7.98. The number of benzene rings is 2. The van der Waals surface area contributed by atoms with Gasteiger partial charge in [-0.25, -0.2) is 15.0 Å². The molecule has 0 amide bonds. The quantitative estimate of drug-likeness (QED) is 0.185. The lowest BCUT2D eigenvalue weighted by molar-refractivity contribution is -0.384. The van der Waals surface area contributed by atoms with Crippen LogP contribution in [0.15, 0.2) is 47.3 Å². The van der Waals surface area contributed by atoms with Crippen LogP contribution in [0, 0.1) is 17.0 Å². The van der Waals surface area contributed by atoms with Crippen LogP contribution in [0.1, 0.15) is 19.2 Å². The molecule has 0 bridgehead atoms. The first-order valence-electron chi connectivity index (χ1n) is 11.1. The summed E-state index contributed by atoms with van der Waals surface area (Å²) in [4.78, 5) is 39.0. The largest absolute Gasteiger partial charge is 0.382 e. The van der Waals surface area contributed by atoms with Crippen molar-refractivity contribution in [2.45, 2.75) is 26.8 Å². The van der Waals surface area contributed by atoms with Crippen LogP contribution in [0.5, 0.6) is 0 Å². The van der Waals surface area contributed by atoms with Gasteiger partial charge >= 0.3 is 0 Å². The molecule has 5 rings (SSSR count). The van der Waals surface area contributed by atoms with Gasteiger partial charge in [-0.3, -0.25) is 24.0 Å². The third kappa shape index (κ3) is 3.90. The molecule has 3 aromatic heterocycles. The smallest absolute Gasteiger partial charge is 0.289 e. The Hall–Kier alpha value is -3.89. The van der Waals surface area contributed by atoms with E-state index in [1.54, 1.807) is 22.1 Å². The lowest BCUT2D eigenvalue weighted by Crippen LogP contribution is -2.24. The highest BCUT2D eigenvalue weighted by Gasteiger charge is 2.24. The monoisotopic (exact) mass is 492 g/mol. The van der Waals surface area contributed by atoms with Crippen LogP contribution >= 0.6 is 11.6 Å². The summed E-state index contributed by atoms with van der Waals surface area (Å²) in [5.74, 6) is 0.510. The molecule has 35 heavy (non-hydrogen) atoms. The van der Waals surface area contributed by atoms with Crippen molar-refractivity contribution in [3.8, 4) is 5.69 Å². The first kappa shape index (κ1) is 22.9. The van der Waals surface area contributed by atoms with Crippen molar-refractivity contribution in [3.63, 3.8) is 0 Å². The average Bonchev–Trinajstić information content (AvgIpc) is 3.15. The minimum absolute atomic E-state index is 0.0110. The predicted molar refractivity (Wildman–Crippen MR) is 133 cm³/mol. The molecule has 0 unspecified atom stereocenters. The summed E-state index contributed by atoms with van der Waals surface area (Å²) in [6.45, 7) is 5.25. The zero-order valence-electron chi connectivity index (χ0n) is 19.1. The van der Waals surface area contributed by atoms with Crippen molar-refractivity contribution in [1.29, 1.82) is 0 Å². The topological polar surface area (TPSA) is 118 Å². The number of nitro benzene ring substituents is 1. The van der Waals surface area contributed by atoms with E-state index in [-0.39, 0.29) is 16.3 Å². The summed E-state index contributed by atoms with van der Waals surface area (Å²) < 4.78 is 8.65. The van der Waals surface area contributed by atoms with Crippen molar-refractivity contribution >= 4 is 50.5 Å². The predicted octanol–water partition coefficient (Wildman–Crippen LogP) is 4.58. The maximum absolute atomic E-state index is 13.7. The van der Waals surface area contributed by atoms with E-state index in [4.69, 9.17) is 31.3 Å². The minimum atomic E-state index is -0.551. The Balaban J connectivity index is 1.85. The zero-order chi connectivity index (χ0) is 24.7. The Kier molecular flexibility index (Phi) is 5.91. The number of nitrogens with zero attached hydrogens (tertiary/aromatic N) is 6. The molecule has 0 atom stereocenters. The standard InChI is InChI=1S/C24H21ClN6O4/c1-3-35-12-6-11-29-14(2)26-22-20(24(29)32)21-23(28-18-8-5-4-7-17(18)27-21)30(22)15-9-10-16(25)19(13-15)31(33)34/h4-5,7-10,13H,3,6,11-12H2,1-2H3. The number of rotatable bonds is 7. The molecule has 5 aromatic rings. The van der Waals surface area contributed by atoms with E-state index in [1.807, 2.05) is 31.2 Å². The molecule has 0 N–H and O–H groups in total. The summed E-state index contributed by atoms with van der Waals surface area (Å²) >= 11 is 6.05. The van der Waals surface area contributed by atoms with Gasteiger partial charge in [0.1, 0.15) is 21.7 Å². The van der Waals surface area contributed by atoms with E-state index in [1.165, 1.54) is 12.1 Å². The molecule has 11 heteroatoms. The summed E-state index contributed by atoms with van der Waals surface area (Å²) in [6, 6.07) is 11.8. The van der Waals surface area contributed by atoms with Gasteiger partial charge in [-0.05, 0) is 44.5 Å². The molecule has 0 aliphatic carbocycles. The molecule has 178 valence electrons. The highest BCUT2D eigenvalue weighted by atomic mass is 35.5. The number of halogens is 1. The maximum Gasteiger partial charge on any atom is 0.289 e. The molecule has 0 aliphatic heterocycles. The second-order valence-corrected chi connectivity index (χ2v) is 8.38. The fourth-order valence-electron chi connectivity index (χ4n) is 4.19. The molecule has 3 heterocycles. The van der Waals surface area contributed by atoms with Crippen LogP contribution in [0.2, 0.25) is 5.02 Å². The zero-order valence-corrected chi connectivity index (χ0v) is 19.8. The number of aryl methyl sites for hydroxylation is 1. The van der Waals surface area contributed by atoms with Crippen molar-refractivity contribution in [1.82, 2.24) is 24.1 Å². The number of fused-ring (bicyclic) bond motifs is 4. The van der Waals surface area contributed by atoms with E-state index < -0.39 is 4.92 Å². The molecule has 0 saturated heterocycles. The molecular formula is C24H21ClN6O4. The van der Waals surface area contributed by atoms with Crippen LogP contribution in [0.25, 0.3) is 38.9 Å². The first-order valence-corrected chi connectivity index (χ1v) is 11.5. The number of hydrogen-bond acceptors (Lipinski definition) is 7. The summed E-state index contributed by atoms with van der Waals surface area (Å²) in [7, 11) is 0. The van der Waals surface area contributed by atoms with E-state index >= 15 is 0 Å². The number of aromatic nitrogens is 5. The first-order chi connectivity index (χ1) is 16.9. The third-order valence-corrected chi connectivity index (χ3v) is 6.13. The van der Waals surface area contributed by atoms with Crippen molar-refractivity contribution in [2.75, 3.05) is 13.2 Å². The molecular weight excluding hydrogens is 472 g/mol. The van der Waals surface area contributed by atoms with Crippen LogP contribution in [0.3, 0.4) is 0 Å². The summed E-state index contributed by atoms with van der Waals surface area (Å²) in [6.07, 6.45) is 0.651. The number of hydrogen-bond donors (Lipinski definition) is 0. The molecule has 10 nitrogen and oxygen atoms in total. The van der Waals surface area contributed by atoms with Gasteiger partial charge in [-0.2, -0.15) is 0 Å². The van der Waals surface area contributed by atoms with Crippen molar-refractivity contribution in [3.05, 3.63) is 73.8 Å². The molecule has 0 saturated carbocycles. The van der Waals surface area contributed by atoms with E-state index in [0.29, 0.717) is 70.9 Å². The van der Waals surface area contributed by atoms with Gasteiger partial charge in [0, 0.05) is 25.8 Å². The molecule has 0 radical (unpaired) electrons. The number of ether oxygens (including phenoxy) is 1. The SMILES string of the molecule is CCOCCCn1c(C)nc2c(c1=O)c1nc3ccccc3nc1n2-c1ccc(Cl)c([N+](=O)[O-])c1. The Labute approximate surface area is 203 Å². The van der Waals surface area contributed by atoms with Gasteiger partial charge in [-0.15, -0.1) is 0 Å².